The van der Waals surface area contributed by atoms with Gasteiger partial charge in [-0.3, -0.25) is 4.79 Å². The number of hydrogen-bond acceptors (Lipinski definition) is 8. The van der Waals surface area contributed by atoms with E-state index in [0.717, 1.165) is 12.8 Å². The van der Waals surface area contributed by atoms with Crippen molar-refractivity contribution in [1.29, 1.82) is 0 Å². The van der Waals surface area contributed by atoms with E-state index in [9.17, 15) is 22.0 Å². The maximum atomic E-state index is 13.8. The van der Waals surface area contributed by atoms with Crippen molar-refractivity contribution < 1.29 is 35.9 Å². The average molecular weight is 605 g/mol. The van der Waals surface area contributed by atoms with E-state index >= 15 is 0 Å². The lowest BCUT2D eigenvalue weighted by molar-refractivity contribution is -0.286. The van der Waals surface area contributed by atoms with Crippen molar-refractivity contribution in [1.82, 2.24) is 14.5 Å². The van der Waals surface area contributed by atoms with E-state index in [1.54, 1.807) is 41.8 Å². The summed E-state index contributed by atoms with van der Waals surface area (Å²) in [5.41, 5.74) is 8.86. The zero-order chi connectivity index (χ0) is 30.0. The van der Waals surface area contributed by atoms with Crippen molar-refractivity contribution in [2.24, 2.45) is 5.73 Å². The van der Waals surface area contributed by atoms with Crippen LogP contribution in [0.15, 0.2) is 76.2 Å². The number of benzene rings is 3. The molecule has 7 rings (SSSR count). The number of amides is 1. The molecule has 1 aliphatic carbocycles. The number of halogens is 2. The first-order valence-corrected chi connectivity index (χ1v) is 14.4. The predicted molar refractivity (Wildman–Crippen MR) is 150 cm³/mol. The Kier molecular flexibility index (Phi) is 6.09. The fourth-order valence-corrected chi connectivity index (χ4v) is 5.51. The standard InChI is InChI=1S/C30H22F2N4O6S/c1-15-34-22(28(33)37)14-36(15)23-9-7-18(17-3-2-4-20(11-17)43(38)39)12-21(23)26-27(40-29(35-26)16-5-6-16)19-8-10-24-25(13-19)42-30(31,32)41-24/h2-4,7-14,16,43H,5-6H2,1H3,(H2,33,37). The van der Waals surface area contributed by atoms with Gasteiger partial charge in [-0.15, -0.1) is 8.78 Å². The van der Waals surface area contributed by atoms with Crippen LogP contribution < -0.4 is 15.2 Å². The smallest absolute Gasteiger partial charge is 0.440 e. The number of nitrogens with zero attached hydrogens (tertiary/aromatic N) is 3. The number of aryl methyl sites for hydroxylation is 1. The lowest BCUT2D eigenvalue weighted by Crippen LogP contribution is -2.25. The molecule has 0 unspecified atom stereocenters. The van der Waals surface area contributed by atoms with Gasteiger partial charge in [-0.1, -0.05) is 18.2 Å². The molecule has 1 fully saturated rings. The SMILES string of the molecule is Cc1nc(C(N)=O)cn1-c1ccc(-c2cccc([SH](=O)=O)c2)cc1-c1nc(C2CC2)oc1-c1ccc2c(c1)OC(F)(F)O2. The normalized spacial score (nSPS) is 15.3. The summed E-state index contributed by atoms with van der Waals surface area (Å²) in [7, 11) is -2.80. The summed E-state index contributed by atoms with van der Waals surface area (Å²) in [6.45, 7) is 1.72. The van der Waals surface area contributed by atoms with Crippen molar-refractivity contribution in [3.63, 3.8) is 0 Å². The maximum Gasteiger partial charge on any atom is 0.586 e. The molecule has 0 atom stereocenters. The Morgan fingerprint density at radius 3 is 2.44 bits per heavy atom. The molecule has 0 spiro atoms. The highest BCUT2D eigenvalue weighted by atomic mass is 32.2. The third kappa shape index (κ3) is 4.91. The number of fused-ring (bicyclic) bond motifs is 1. The molecule has 1 aliphatic heterocycles. The number of thiol groups is 1. The highest BCUT2D eigenvalue weighted by Crippen LogP contribution is 2.48. The van der Waals surface area contributed by atoms with Gasteiger partial charge in [-0.05, 0) is 73.4 Å². The fourth-order valence-electron chi connectivity index (χ4n) is 5.06. The molecule has 0 bridgehead atoms. The van der Waals surface area contributed by atoms with Crippen LogP contribution in [-0.4, -0.2) is 35.2 Å². The number of nitrogens with two attached hydrogens (primary N) is 1. The van der Waals surface area contributed by atoms with Crippen LogP contribution in [0.4, 0.5) is 8.78 Å². The summed E-state index contributed by atoms with van der Waals surface area (Å²) in [5.74, 6) is 0.446. The maximum absolute atomic E-state index is 13.8. The number of rotatable bonds is 7. The van der Waals surface area contributed by atoms with E-state index < -0.39 is 22.9 Å². The molecule has 13 heteroatoms. The van der Waals surface area contributed by atoms with E-state index in [0.29, 0.717) is 51.1 Å². The number of ether oxygens (including phenoxy) is 2. The van der Waals surface area contributed by atoms with Crippen LogP contribution in [0.2, 0.25) is 0 Å². The lowest BCUT2D eigenvalue weighted by Gasteiger charge is -2.14. The number of carbonyl (C=O) groups excluding carboxylic acids is 1. The summed E-state index contributed by atoms with van der Waals surface area (Å²) in [4.78, 5) is 21.2. The van der Waals surface area contributed by atoms with E-state index in [4.69, 9.17) is 15.1 Å². The highest BCUT2D eigenvalue weighted by Gasteiger charge is 2.43. The Labute approximate surface area is 244 Å². The zero-order valence-electron chi connectivity index (χ0n) is 22.4. The third-order valence-electron chi connectivity index (χ3n) is 7.27. The molecule has 2 aliphatic rings. The first-order chi connectivity index (χ1) is 20.6. The first kappa shape index (κ1) is 26.8. The summed E-state index contributed by atoms with van der Waals surface area (Å²) in [6.07, 6.45) is -0.486. The van der Waals surface area contributed by atoms with Gasteiger partial charge in [0.2, 0.25) is 0 Å². The summed E-state index contributed by atoms with van der Waals surface area (Å²) < 4.78 is 68.2. The van der Waals surface area contributed by atoms with Gasteiger partial charge in [0.15, 0.2) is 33.9 Å². The second kappa shape index (κ2) is 9.76. The van der Waals surface area contributed by atoms with Gasteiger partial charge in [0.05, 0.1) is 10.6 Å². The van der Waals surface area contributed by atoms with E-state index in [2.05, 4.69) is 14.5 Å². The Morgan fingerprint density at radius 1 is 0.977 bits per heavy atom. The summed E-state index contributed by atoms with van der Waals surface area (Å²) >= 11 is 0. The van der Waals surface area contributed by atoms with Gasteiger partial charge in [-0.25, -0.2) is 18.4 Å². The Hall–Kier alpha value is -5.04. The molecule has 1 amide bonds. The number of hydrogen-bond donors (Lipinski definition) is 2. The van der Waals surface area contributed by atoms with Crippen LogP contribution in [0, 0.1) is 6.92 Å². The van der Waals surface area contributed by atoms with E-state index in [1.165, 1.54) is 24.4 Å². The zero-order valence-corrected chi connectivity index (χ0v) is 23.3. The summed E-state index contributed by atoms with van der Waals surface area (Å²) in [6, 6.07) is 16.3. The fraction of sp³-hybridized carbons (Fsp3) is 0.167. The van der Waals surface area contributed by atoms with Gasteiger partial charge in [0.1, 0.15) is 17.2 Å². The third-order valence-corrected chi connectivity index (χ3v) is 7.97. The molecule has 2 aromatic heterocycles. The minimum atomic E-state index is -3.79. The van der Waals surface area contributed by atoms with Gasteiger partial charge < -0.3 is 24.2 Å². The second-order valence-electron chi connectivity index (χ2n) is 10.3. The number of carbonyl (C=O) groups is 1. The molecule has 5 aromatic rings. The Balaban J connectivity index is 1.46. The molecule has 0 radical (unpaired) electrons. The van der Waals surface area contributed by atoms with Gasteiger partial charge in [0, 0.05) is 23.2 Å². The van der Waals surface area contributed by atoms with Gasteiger partial charge in [-0.2, -0.15) is 0 Å². The second-order valence-corrected chi connectivity index (χ2v) is 11.3. The average Bonchev–Trinajstić information content (AvgIpc) is 3.48. The number of primary amides is 1. The number of aromatic nitrogens is 3. The topological polar surface area (TPSA) is 140 Å². The predicted octanol–water partition coefficient (Wildman–Crippen LogP) is 5.44. The van der Waals surface area contributed by atoms with Crippen LogP contribution in [0.1, 0.15) is 41.0 Å². The molecule has 10 nitrogen and oxygen atoms in total. The Morgan fingerprint density at radius 2 is 1.72 bits per heavy atom. The monoisotopic (exact) mass is 604 g/mol. The molecule has 3 heterocycles. The van der Waals surface area contributed by atoms with Crippen LogP contribution in [0.5, 0.6) is 11.5 Å². The Bertz CT molecular complexity index is 2020. The highest BCUT2D eigenvalue weighted by molar-refractivity contribution is 7.72. The minimum absolute atomic E-state index is 0.0650. The lowest BCUT2D eigenvalue weighted by atomic mass is 9.98. The molecular formula is C30H22F2N4O6S. The van der Waals surface area contributed by atoms with Gasteiger partial charge >= 0.3 is 6.29 Å². The minimum Gasteiger partial charge on any atom is -0.440 e. The quantitative estimate of drug-likeness (QED) is 0.234. The van der Waals surface area contributed by atoms with Crippen LogP contribution >= 0.6 is 0 Å². The largest absolute Gasteiger partial charge is 0.586 e. The van der Waals surface area contributed by atoms with Crippen molar-refractivity contribution in [3.05, 3.63) is 84.3 Å². The molecule has 218 valence electrons. The molecule has 3 aromatic carbocycles. The van der Waals surface area contributed by atoms with Crippen LogP contribution in [-0.2, 0) is 10.7 Å². The molecule has 43 heavy (non-hydrogen) atoms. The molecule has 1 saturated carbocycles. The van der Waals surface area contributed by atoms with E-state index in [-0.39, 0.29) is 28.0 Å². The molecule has 0 saturated heterocycles. The molecular weight excluding hydrogens is 582 g/mol. The van der Waals surface area contributed by atoms with Crippen LogP contribution in [0.3, 0.4) is 0 Å². The van der Waals surface area contributed by atoms with E-state index in [1.807, 2.05) is 12.1 Å². The number of imidazole rings is 1. The van der Waals surface area contributed by atoms with Crippen molar-refractivity contribution in [2.75, 3.05) is 0 Å². The van der Waals surface area contributed by atoms with Crippen molar-refractivity contribution >= 4 is 16.6 Å². The summed E-state index contributed by atoms with van der Waals surface area (Å²) in [5, 5.41) is 0. The number of alkyl halides is 2. The first-order valence-electron chi connectivity index (χ1n) is 13.2. The number of oxazole rings is 1. The van der Waals surface area contributed by atoms with Crippen molar-refractivity contribution in [2.45, 2.75) is 36.9 Å². The van der Waals surface area contributed by atoms with Crippen molar-refractivity contribution in [3.8, 4) is 50.9 Å². The molecule has 2 N–H and O–H groups in total. The van der Waals surface area contributed by atoms with Gasteiger partial charge in [0.25, 0.3) is 5.91 Å². The van der Waals surface area contributed by atoms with Crippen LogP contribution in [0.25, 0.3) is 39.4 Å².